The van der Waals surface area contributed by atoms with Crippen LogP contribution in [0.5, 0.6) is 0 Å². The third-order valence-corrected chi connectivity index (χ3v) is 6.90. The molecule has 4 rings (SSSR count). The number of benzene rings is 1. The molecule has 1 saturated heterocycles. The SMILES string of the molecule is CC[C@H](C)n1c(SCC(=O)N2CCN(c3ccc(F)cc3)CC2)nc2cc(C)[nH]c2c1=O. The van der Waals surface area contributed by atoms with Crippen LogP contribution in [-0.4, -0.2) is 57.3 Å². The number of thioether (sulfide) groups is 1. The number of carbonyl (C=O) groups is 1. The average molecular weight is 458 g/mol. The Morgan fingerprint density at radius 1 is 1.22 bits per heavy atom. The van der Waals surface area contributed by atoms with Crippen molar-refractivity contribution in [2.75, 3.05) is 36.8 Å². The second kappa shape index (κ2) is 9.36. The molecule has 7 nitrogen and oxygen atoms in total. The van der Waals surface area contributed by atoms with E-state index < -0.39 is 0 Å². The molecular formula is C23H28FN5O2S. The Morgan fingerprint density at radius 3 is 2.56 bits per heavy atom. The highest BCUT2D eigenvalue weighted by molar-refractivity contribution is 7.99. The summed E-state index contributed by atoms with van der Waals surface area (Å²) in [6, 6.07) is 8.28. The van der Waals surface area contributed by atoms with Gasteiger partial charge in [0.05, 0.1) is 11.3 Å². The fourth-order valence-corrected chi connectivity index (χ4v) is 4.95. The van der Waals surface area contributed by atoms with E-state index in [1.807, 2.05) is 31.7 Å². The zero-order valence-electron chi connectivity index (χ0n) is 18.6. The number of nitrogens with one attached hydrogen (secondary N) is 1. The summed E-state index contributed by atoms with van der Waals surface area (Å²) < 4.78 is 14.9. The molecule has 1 aliphatic heterocycles. The van der Waals surface area contributed by atoms with Gasteiger partial charge in [-0.25, -0.2) is 9.37 Å². The average Bonchev–Trinajstić information content (AvgIpc) is 3.18. The Kier molecular flexibility index (Phi) is 6.55. The second-order valence-electron chi connectivity index (χ2n) is 8.17. The molecule has 1 aromatic carbocycles. The molecule has 3 aromatic rings. The van der Waals surface area contributed by atoms with Gasteiger partial charge >= 0.3 is 0 Å². The summed E-state index contributed by atoms with van der Waals surface area (Å²) in [7, 11) is 0. The molecule has 3 heterocycles. The molecular weight excluding hydrogens is 429 g/mol. The van der Waals surface area contributed by atoms with Crippen molar-refractivity contribution >= 4 is 34.4 Å². The molecule has 2 aromatic heterocycles. The molecule has 0 spiro atoms. The van der Waals surface area contributed by atoms with Crippen LogP contribution in [0.3, 0.4) is 0 Å². The minimum absolute atomic E-state index is 0.0140. The summed E-state index contributed by atoms with van der Waals surface area (Å²) in [5.74, 6) is 0.00929. The largest absolute Gasteiger partial charge is 0.368 e. The number of halogens is 1. The number of aromatic nitrogens is 3. The maximum absolute atomic E-state index is 13.2. The molecule has 0 aliphatic carbocycles. The first-order chi connectivity index (χ1) is 15.4. The Bertz CT molecular complexity index is 1170. The fraction of sp³-hybridized carbons (Fsp3) is 0.435. The van der Waals surface area contributed by atoms with Crippen molar-refractivity contribution in [3.8, 4) is 0 Å². The number of carbonyl (C=O) groups excluding carboxylic acids is 1. The number of hydrogen-bond acceptors (Lipinski definition) is 5. The Balaban J connectivity index is 1.44. The normalized spacial score (nSPS) is 15.4. The Labute approximate surface area is 190 Å². The third kappa shape index (κ3) is 4.53. The fourth-order valence-electron chi connectivity index (χ4n) is 3.95. The standard InChI is InChI=1S/C23H28FN5O2S/c1-4-16(3)29-22(31)21-19(13-15(2)25-21)26-23(29)32-14-20(30)28-11-9-27(10-12-28)18-7-5-17(24)6-8-18/h5-8,13,16,25H,4,9-12,14H2,1-3H3/t16-/m0/s1. The first kappa shape index (κ1) is 22.4. The van der Waals surface area contributed by atoms with Crippen LogP contribution in [0.4, 0.5) is 10.1 Å². The van der Waals surface area contributed by atoms with Gasteiger partial charge in [-0.1, -0.05) is 18.7 Å². The molecule has 0 saturated carbocycles. The van der Waals surface area contributed by atoms with Gasteiger partial charge < -0.3 is 14.8 Å². The number of amides is 1. The van der Waals surface area contributed by atoms with Crippen molar-refractivity contribution < 1.29 is 9.18 Å². The number of anilines is 1. The lowest BCUT2D eigenvalue weighted by molar-refractivity contribution is -0.128. The predicted molar refractivity (Wildman–Crippen MR) is 126 cm³/mol. The maximum atomic E-state index is 13.2. The van der Waals surface area contributed by atoms with Crippen LogP contribution in [0.15, 0.2) is 40.3 Å². The summed E-state index contributed by atoms with van der Waals surface area (Å²) in [4.78, 5) is 37.7. The highest BCUT2D eigenvalue weighted by Gasteiger charge is 2.23. The molecule has 1 fully saturated rings. The lowest BCUT2D eigenvalue weighted by atomic mass is 10.2. The zero-order valence-corrected chi connectivity index (χ0v) is 19.4. The van der Waals surface area contributed by atoms with E-state index in [-0.39, 0.29) is 29.1 Å². The van der Waals surface area contributed by atoms with Crippen molar-refractivity contribution in [3.05, 3.63) is 52.2 Å². The predicted octanol–water partition coefficient (Wildman–Crippen LogP) is 3.58. The van der Waals surface area contributed by atoms with E-state index in [1.54, 1.807) is 16.7 Å². The molecule has 0 radical (unpaired) electrons. The van der Waals surface area contributed by atoms with Gasteiger partial charge in [0, 0.05) is 43.6 Å². The maximum Gasteiger partial charge on any atom is 0.278 e. The number of fused-ring (bicyclic) bond motifs is 1. The number of H-pyrrole nitrogens is 1. The summed E-state index contributed by atoms with van der Waals surface area (Å²) >= 11 is 1.32. The summed E-state index contributed by atoms with van der Waals surface area (Å²) in [5, 5.41) is 0.578. The molecule has 0 bridgehead atoms. The van der Waals surface area contributed by atoms with Gasteiger partial charge in [0.25, 0.3) is 5.56 Å². The van der Waals surface area contributed by atoms with Crippen LogP contribution in [0.25, 0.3) is 11.0 Å². The number of nitrogens with zero attached hydrogens (tertiary/aromatic N) is 4. The van der Waals surface area contributed by atoms with E-state index in [4.69, 9.17) is 0 Å². The highest BCUT2D eigenvalue weighted by atomic mass is 32.2. The Morgan fingerprint density at radius 2 is 1.91 bits per heavy atom. The van der Waals surface area contributed by atoms with Gasteiger partial charge in [-0.3, -0.25) is 14.2 Å². The molecule has 1 aliphatic rings. The lowest BCUT2D eigenvalue weighted by Gasteiger charge is -2.36. The van der Waals surface area contributed by atoms with Crippen LogP contribution < -0.4 is 10.5 Å². The number of aryl methyl sites for hydroxylation is 1. The molecule has 1 atom stereocenters. The Hall–Kier alpha value is -2.81. The van der Waals surface area contributed by atoms with E-state index in [0.29, 0.717) is 42.4 Å². The van der Waals surface area contributed by atoms with Gasteiger partial charge in [-0.15, -0.1) is 0 Å². The monoisotopic (exact) mass is 457 g/mol. The summed E-state index contributed by atoms with van der Waals surface area (Å²) in [6.45, 7) is 8.54. The molecule has 1 amide bonds. The lowest BCUT2D eigenvalue weighted by Crippen LogP contribution is -2.49. The van der Waals surface area contributed by atoms with Crippen molar-refractivity contribution in [3.63, 3.8) is 0 Å². The molecule has 170 valence electrons. The first-order valence-corrected chi connectivity index (χ1v) is 11.9. The minimum atomic E-state index is -0.253. The van der Waals surface area contributed by atoms with Crippen molar-refractivity contribution in [2.45, 2.75) is 38.4 Å². The third-order valence-electron chi connectivity index (χ3n) is 5.97. The van der Waals surface area contributed by atoms with E-state index in [2.05, 4.69) is 14.9 Å². The van der Waals surface area contributed by atoms with E-state index >= 15 is 0 Å². The van der Waals surface area contributed by atoms with Crippen LogP contribution in [-0.2, 0) is 4.79 Å². The molecule has 0 unspecified atom stereocenters. The van der Waals surface area contributed by atoms with Crippen LogP contribution >= 0.6 is 11.8 Å². The number of rotatable bonds is 6. The summed E-state index contributed by atoms with van der Waals surface area (Å²) in [6.07, 6.45) is 0.791. The van der Waals surface area contributed by atoms with Crippen molar-refractivity contribution in [2.24, 2.45) is 0 Å². The first-order valence-electron chi connectivity index (χ1n) is 10.9. The van der Waals surface area contributed by atoms with Gasteiger partial charge in [0.2, 0.25) is 5.91 Å². The van der Waals surface area contributed by atoms with Crippen LogP contribution in [0.1, 0.15) is 32.0 Å². The van der Waals surface area contributed by atoms with Crippen molar-refractivity contribution in [1.29, 1.82) is 0 Å². The highest BCUT2D eigenvalue weighted by Crippen LogP contribution is 2.24. The summed E-state index contributed by atoms with van der Waals surface area (Å²) in [5.41, 5.74) is 2.90. The number of hydrogen-bond donors (Lipinski definition) is 1. The van der Waals surface area contributed by atoms with E-state index in [9.17, 15) is 14.0 Å². The smallest absolute Gasteiger partial charge is 0.278 e. The van der Waals surface area contributed by atoms with Crippen LogP contribution in [0.2, 0.25) is 0 Å². The number of piperazine rings is 1. The van der Waals surface area contributed by atoms with Gasteiger partial charge in [-0.05, 0) is 50.6 Å². The quantitative estimate of drug-likeness (QED) is 0.452. The topological polar surface area (TPSA) is 74.2 Å². The van der Waals surface area contributed by atoms with E-state index in [0.717, 1.165) is 17.8 Å². The van der Waals surface area contributed by atoms with Gasteiger partial charge in [0.1, 0.15) is 11.3 Å². The zero-order chi connectivity index (χ0) is 22.8. The van der Waals surface area contributed by atoms with Gasteiger partial charge in [-0.2, -0.15) is 0 Å². The minimum Gasteiger partial charge on any atom is -0.368 e. The van der Waals surface area contributed by atoms with Crippen LogP contribution in [0, 0.1) is 12.7 Å². The second-order valence-corrected chi connectivity index (χ2v) is 9.11. The van der Waals surface area contributed by atoms with Crippen molar-refractivity contribution in [1.82, 2.24) is 19.4 Å². The van der Waals surface area contributed by atoms with E-state index in [1.165, 1.54) is 23.9 Å². The molecule has 32 heavy (non-hydrogen) atoms. The van der Waals surface area contributed by atoms with Gasteiger partial charge in [0.15, 0.2) is 5.16 Å². The number of aromatic amines is 1. The molecule has 9 heteroatoms. The molecule has 1 N–H and O–H groups in total.